The van der Waals surface area contributed by atoms with Gasteiger partial charge < -0.3 is 16.0 Å². The molecule has 0 saturated carbocycles. The Morgan fingerprint density at radius 3 is 2.19 bits per heavy atom. The van der Waals surface area contributed by atoms with Gasteiger partial charge in [-0.1, -0.05) is 30.3 Å². The van der Waals surface area contributed by atoms with E-state index in [-0.39, 0.29) is 30.5 Å². The van der Waals surface area contributed by atoms with Crippen molar-refractivity contribution in [2.75, 3.05) is 13.1 Å². The van der Waals surface area contributed by atoms with Crippen molar-refractivity contribution in [2.45, 2.75) is 13.0 Å². The second-order valence-electron chi connectivity index (χ2n) is 5.59. The van der Waals surface area contributed by atoms with Crippen LogP contribution in [0, 0.1) is 5.82 Å². The third-order valence-corrected chi connectivity index (χ3v) is 3.61. The van der Waals surface area contributed by atoms with E-state index in [1.165, 1.54) is 18.2 Å². The van der Waals surface area contributed by atoms with Crippen LogP contribution in [0.5, 0.6) is 0 Å². The van der Waals surface area contributed by atoms with Gasteiger partial charge in [-0.15, -0.1) is 0 Å². The lowest BCUT2D eigenvalue weighted by molar-refractivity contribution is -0.122. The van der Waals surface area contributed by atoms with Crippen molar-refractivity contribution in [2.24, 2.45) is 0 Å². The van der Waals surface area contributed by atoms with Gasteiger partial charge in [-0.2, -0.15) is 0 Å². The lowest BCUT2D eigenvalue weighted by Crippen LogP contribution is -2.46. The van der Waals surface area contributed by atoms with Crippen LogP contribution in [0.1, 0.15) is 27.6 Å². The molecule has 0 aliphatic carbocycles. The Morgan fingerprint density at radius 1 is 0.885 bits per heavy atom. The highest BCUT2D eigenvalue weighted by Gasteiger charge is 2.16. The molecule has 0 saturated heterocycles. The fraction of sp³-hybridized carbons (Fsp3) is 0.211. The monoisotopic (exact) mass is 357 g/mol. The summed E-state index contributed by atoms with van der Waals surface area (Å²) in [5.41, 5.74) is 0.409. The second kappa shape index (κ2) is 9.31. The molecule has 2 aromatic carbocycles. The standard InChI is InChI=1S/C19H20FN3O3/c1-13(23-18(25)14-7-3-2-4-8-14)17(24)21-11-12-22-19(26)15-9-5-6-10-16(15)20/h2-10,13H,11-12H2,1H3,(H,21,24)(H,22,26)(H,23,25). The van der Waals surface area contributed by atoms with Gasteiger partial charge in [0, 0.05) is 18.7 Å². The van der Waals surface area contributed by atoms with Crippen molar-refractivity contribution >= 4 is 17.7 Å². The van der Waals surface area contributed by atoms with E-state index < -0.39 is 17.8 Å². The van der Waals surface area contributed by atoms with Crippen LogP contribution in [0.15, 0.2) is 54.6 Å². The molecule has 0 aliphatic heterocycles. The quantitative estimate of drug-likeness (QED) is 0.656. The van der Waals surface area contributed by atoms with E-state index in [0.29, 0.717) is 5.56 Å². The van der Waals surface area contributed by atoms with Gasteiger partial charge in [0.2, 0.25) is 5.91 Å². The number of rotatable bonds is 7. The van der Waals surface area contributed by atoms with Crippen LogP contribution in [0.2, 0.25) is 0 Å². The average Bonchev–Trinajstić information content (AvgIpc) is 2.65. The molecule has 0 fully saturated rings. The number of halogens is 1. The van der Waals surface area contributed by atoms with E-state index in [0.717, 1.165) is 0 Å². The number of carbonyl (C=O) groups is 3. The normalized spacial score (nSPS) is 11.3. The van der Waals surface area contributed by atoms with Gasteiger partial charge in [0.15, 0.2) is 0 Å². The topological polar surface area (TPSA) is 87.3 Å². The molecule has 7 heteroatoms. The summed E-state index contributed by atoms with van der Waals surface area (Å²) in [5.74, 6) is -1.88. The molecule has 26 heavy (non-hydrogen) atoms. The summed E-state index contributed by atoms with van der Waals surface area (Å²) in [5, 5.41) is 7.71. The lowest BCUT2D eigenvalue weighted by Gasteiger charge is -2.14. The number of amides is 3. The molecule has 2 rings (SSSR count). The summed E-state index contributed by atoms with van der Waals surface area (Å²) in [6.45, 7) is 1.86. The average molecular weight is 357 g/mol. The van der Waals surface area contributed by atoms with Crippen molar-refractivity contribution in [1.29, 1.82) is 0 Å². The lowest BCUT2D eigenvalue weighted by atomic mass is 10.2. The highest BCUT2D eigenvalue weighted by atomic mass is 19.1. The Labute approximate surface area is 150 Å². The zero-order valence-corrected chi connectivity index (χ0v) is 14.3. The zero-order chi connectivity index (χ0) is 18.9. The summed E-state index contributed by atoms with van der Waals surface area (Å²) in [7, 11) is 0. The van der Waals surface area contributed by atoms with Crippen LogP contribution in [0.3, 0.4) is 0 Å². The smallest absolute Gasteiger partial charge is 0.254 e. The third kappa shape index (κ3) is 5.41. The molecule has 136 valence electrons. The van der Waals surface area contributed by atoms with Crippen molar-refractivity contribution in [3.05, 3.63) is 71.5 Å². The maximum absolute atomic E-state index is 13.5. The molecule has 0 heterocycles. The van der Waals surface area contributed by atoms with E-state index in [9.17, 15) is 18.8 Å². The third-order valence-electron chi connectivity index (χ3n) is 3.61. The van der Waals surface area contributed by atoms with Crippen LogP contribution in [0.4, 0.5) is 4.39 Å². The van der Waals surface area contributed by atoms with Crippen LogP contribution < -0.4 is 16.0 Å². The Bertz CT molecular complexity index is 781. The van der Waals surface area contributed by atoms with Gasteiger partial charge in [-0.25, -0.2) is 4.39 Å². The van der Waals surface area contributed by atoms with Gasteiger partial charge in [0.1, 0.15) is 11.9 Å². The first-order valence-electron chi connectivity index (χ1n) is 8.15. The van der Waals surface area contributed by atoms with Crippen LogP contribution >= 0.6 is 0 Å². The SMILES string of the molecule is CC(NC(=O)c1ccccc1)C(=O)NCCNC(=O)c1ccccc1F. The van der Waals surface area contributed by atoms with E-state index >= 15 is 0 Å². The zero-order valence-electron chi connectivity index (χ0n) is 14.3. The molecule has 1 atom stereocenters. The van der Waals surface area contributed by atoms with Gasteiger partial charge in [-0.3, -0.25) is 14.4 Å². The molecule has 0 aromatic heterocycles. The Hall–Kier alpha value is -3.22. The first-order chi connectivity index (χ1) is 12.5. The van der Waals surface area contributed by atoms with Crippen LogP contribution in [-0.4, -0.2) is 36.9 Å². The van der Waals surface area contributed by atoms with Gasteiger partial charge in [0.25, 0.3) is 11.8 Å². The first-order valence-corrected chi connectivity index (χ1v) is 8.15. The molecule has 0 aliphatic rings. The number of carbonyl (C=O) groups excluding carboxylic acids is 3. The molecule has 3 N–H and O–H groups in total. The predicted molar refractivity (Wildman–Crippen MR) is 95.1 cm³/mol. The van der Waals surface area contributed by atoms with E-state index in [2.05, 4.69) is 16.0 Å². The van der Waals surface area contributed by atoms with Crippen LogP contribution in [-0.2, 0) is 4.79 Å². The Morgan fingerprint density at radius 2 is 1.50 bits per heavy atom. The number of benzene rings is 2. The maximum Gasteiger partial charge on any atom is 0.254 e. The summed E-state index contributed by atoms with van der Waals surface area (Å²) >= 11 is 0. The summed E-state index contributed by atoms with van der Waals surface area (Å²) in [6, 6.07) is 13.5. The molecule has 1 unspecified atom stereocenters. The molecule has 0 bridgehead atoms. The van der Waals surface area contributed by atoms with Crippen molar-refractivity contribution < 1.29 is 18.8 Å². The maximum atomic E-state index is 13.5. The fourth-order valence-corrected chi connectivity index (χ4v) is 2.19. The van der Waals surface area contributed by atoms with Gasteiger partial charge >= 0.3 is 0 Å². The fourth-order valence-electron chi connectivity index (χ4n) is 2.19. The Balaban J connectivity index is 1.72. The summed E-state index contributed by atoms with van der Waals surface area (Å²) < 4.78 is 13.5. The minimum absolute atomic E-state index is 0.0534. The van der Waals surface area contributed by atoms with Crippen molar-refractivity contribution in [1.82, 2.24) is 16.0 Å². The highest BCUT2D eigenvalue weighted by Crippen LogP contribution is 2.05. The number of nitrogens with one attached hydrogen (secondary N) is 3. The van der Waals surface area contributed by atoms with Crippen molar-refractivity contribution in [3.63, 3.8) is 0 Å². The van der Waals surface area contributed by atoms with Gasteiger partial charge in [0.05, 0.1) is 5.56 Å². The van der Waals surface area contributed by atoms with Crippen molar-refractivity contribution in [3.8, 4) is 0 Å². The molecule has 6 nitrogen and oxygen atoms in total. The van der Waals surface area contributed by atoms with E-state index in [1.807, 2.05) is 0 Å². The summed E-state index contributed by atoms with van der Waals surface area (Å²) in [6.07, 6.45) is 0. The molecular formula is C19H20FN3O3. The highest BCUT2D eigenvalue weighted by molar-refractivity contribution is 5.97. The van der Waals surface area contributed by atoms with E-state index in [1.54, 1.807) is 43.3 Å². The minimum atomic E-state index is -0.732. The molecule has 0 radical (unpaired) electrons. The number of hydrogen-bond donors (Lipinski definition) is 3. The van der Waals surface area contributed by atoms with Gasteiger partial charge in [-0.05, 0) is 31.2 Å². The largest absolute Gasteiger partial charge is 0.353 e. The minimum Gasteiger partial charge on any atom is -0.353 e. The molecule has 0 spiro atoms. The summed E-state index contributed by atoms with van der Waals surface area (Å²) in [4.78, 5) is 35.8. The Kier molecular flexibility index (Phi) is 6.84. The second-order valence-corrected chi connectivity index (χ2v) is 5.59. The number of hydrogen-bond acceptors (Lipinski definition) is 3. The molecular weight excluding hydrogens is 337 g/mol. The predicted octanol–water partition coefficient (Wildman–Crippen LogP) is 1.49. The molecule has 2 aromatic rings. The first kappa shape index (κ1) is 19.1. The molecule has 3 amide bonds. The van der Waals surface area contributed by atoms with E-state index in [4.69, 9.17) is 0 Å². The van der Waals surface area contributed by atoms with Crippen LogP contribution in [0.25, 0.3) is 0 Å².